The van der Waals surface area contributed by atoms with Crippen molar-refractivity contribution in [3.05, 3.63) is 29.3 Å². The van der Waals surface area contributed by atoms with Gasteiger partial charge in [-0.2, -0.15) is 0 Å². The fourth-order valence-electron chi connectivity index (χ4n) is 1.89. The standard InChI is InChI=1S/C15H24N2O2/c1-10(2)13(9-17(4)5)16-15(19)12-8-11(3)6-7-14(12)18/h6-8,10,13,18H,9H2,1-5H3,(H,16,19). The van der Waals surface area contributed by atoms with Gasteiger partial charge in [-0.15, -0.1) is 0 Å². The number of amides is 1. The Labute approximate surface area is 115 Å². The number of hydrogen-bond donors (Lipinski definition) is 2. The minimum atomic E-state index is -0.221. The third kappa shape index (κ3) is 4.56. The molecule has 0 heterocycles. The van der Waals surface area contributed by atoms with E-state index in [9.17, 15) is 9.90 Å². The van der Waals surface area contributed by atoms with Crippen LogP contribution < -0.4 is 5.32 Å². The lowest BCUT2D eigenvalue weighted by Gasteiger charge is -2.25. The lowest BCUT2D eigenvalue weighted by molar-refractivity contribution is 0.0914. The molecule has 1 amide bonds. The van der Waals surface area contributed by atoms with Gasteiger partial charge in [0.1, 0.15) is 5.75 Å². The van der Waals surface area contributed by atoms with E-state index in [1.807, 2.05) is 25.9 Å². The molecule has 0 saturated heterocycles. The van der Waals surface area contributed by atoms with Crippen LogP contribution in [0.3, 0.4) is 0 Å². The van der Waals surface area contributed by atoms with Gasteiger partial charge in [0, 0.05) is 12.6 Å². The third-order valence-corrected chi connectivity index (χ3v) is 3.08. The summed E-state index contributed by atoms with van der Waals surface area (Å²) >= 11 is 0. The van der Waals surface area contributed by atoms with Crippen LogP contribution in [0.25, 0.3) is 0 Å². The summed E-state index contributed by atoms with van der Waals surface area (Å²) in [6.45, 7) is 6.82. The summed E-state index contributed by atoms with van der Waals surface area (Å²) in [4.78, 5) is 14.3. The first-order valence-electron chi connectivity index (χ1n) is 6.56. The highest BCUT2D eigenvalue weighted by atomic mass is 16.3. The highest BCUT2D eigenvalue weighted by Gasteiger charge is 2.19. The molecule has 4 nitrogen and oxygen atoms in total. The minimum Gasteiger partial charge on any atom is -0.507 e. The zero-order chi connectivity index (χ0) is 14.6. The predicted octanol–water partition coefficient (Wildman–Crippen LogP) is 2.02. The molecule has 1 aromatic rings. The van der Waals surface area contributed by atoms with E-state index in [0.717, 1.165) is 12.1 Å². The number of aromatic hydroxyl groups is 1. The molecule has 0 aliphatic carbocycles. The lowest BCUT2D eigenvalue weighted by Crippen LogP contribution is -2.45. The van der Waals surface area contributed by atoms with Gasteiger partial charge in [0.05, 0.1) is 5.56 Å². The van der Waals surface area contributed by atoms with E-state index >= 15 is 0 Å². The van der Waals surface area contributed by atoms with Crippen LogP contribution in [0.15, 0.2) is 18.2 Å². The van der Waals surface area contributed by atoms with Gasteiger partial charge in [-0.1, -0.05) is 25.5 Å². The molecule has 0 fully saturated rings. The smallest absolute Gasteiger partial charge is 0.255 e. The number of carbonyl (C=O) groups excluding carboxylic acids is 1. The number of phenolic OH excluding ortho intramolecular Hbond substituents is 1. The van der Waals surface area contributed by atoms with E-state index in [1.54, 1.807) is 18.2 Å². The van der Waals surface area contributed by atoms with Crippen LogP contribution in [-0.4, -0.2) is 42.6 Å². The van der Waals surface area contributed by atoms with Crippen molar-refractivity contribution >= 4 is 5.91 Å². The summed E-state index contributed by atoms with van der Waals surface area (Å²) in [6.07, 6.45) is 0. The quantitative estimate of drug-likeness (QED) is 0.855. The molecule has 0 spiro atoms. The van der Waals surface area contributed by atoms with E-state index in [2.05, 4.69) is 19.2 Å². The average Bonchev–Trinajstić information content (AvgIpc) is 2.30. The van der Waals surface area contributed by atoms with Crippen LogP contribution in [0, 0.1) is 12.8 Å². The molecule has 1 unspecified atom stereocenters. The van der Waals surface area contributed by atoms with Gasteiger partial charge in [0.25, 0.3) is 5.91 Å². The molecule has 1 atom stereocenters. The second-order valence-corrected chi connectivity index (χ2v) is 5.61. The Morgan fingerprint density at radius 3 is 2.53 bits per heavy atom. The number of likely N-dealkylation sites (N-methyl/N-ethyl adjacent to an activating group) is 1. The van der Waals surface area contributed by atoms with E-state index in [1.165, 1.54) is 0 Å². The van der Waals surface area contributed by atoms with Crippen molar-refractivity contribution in [2.24, 2.45) is 5.92 Å². The molecule has 0 aliphatic rings. The molecule has 4 heteroatoms. The summed E-state index contributed by atoms with van der Waals surface area (Å²) in [5.41, 5.74) is 1.29. The molecular weight excluding hydrogens is 240 g/mol. The molecule has 0 aromatic heterocycles. The van der Waals surface area contributed by atoms with Gasteiger partial charge < -0.3 is 15.3 Å². The van der Waals surface area contributed by atoms with E-state index in [-0.39, 0.29) is 17.7 Å². The maximum Gasteiger partial charge on any atom is 0.255 e. The number of hydrogen-bond acceptors (Lipinski definition) is 3. The number of rotatable bonds is 5. The lowest BCUT2D eigenvalue weighted by atomic mass is 10.0. The zero-order valence-corrected chi connectivity index (χ0v) is 12.4. The molecule has 0 aliphatic heterocycles. The second kappa shape index (κ2) is 6.57. The summed E-state index contributed by atoms with van der Waals surface area (Å²) in [5.74, 6) is 0.135. The monoisotopic (exact) mass is 264 g/mol. The first-order chi connectivity index (χ1) is 8.81. The zero-order valence-electron chi connectivity index (χ0n) is 12.4. The molecule has 1 aromatic carbocycles. The first kappa shape index (κ1) is 15.5. The van der Waals surface area contributed by atoms with Crippen molar-refractivity contribution in [1.29, 1.82) is 0 Å². The fourth-order valence-corrected chi connectivity index (χ4v) is 1.89. The number of phenols is 1. The van der Waals surface area contributed by atoms with Gasteiger partial charge >= 0.3 is 0 Å². The Morgan fingerprint density at radius 2 is 2.00 bits per heavy atom. The molecule has 0 radical (unpaired) electrons. The summed E-state index contributed by atoms with van der Waals surface area (Å²) in [5, 5.41) is 12.8. The number of benzene rings is 1. The summed E-state index contributed by atoms with van der Waals surface area (Å²) in [7, 11) is 3.96. The molecule has 106 valence electrons. The van der Waals surface area contributed by atoms with Crippen molar-refractivity contribution < 1.29 is 9.90 Å². The topological polar surface area (TPSA) is 52.6 Å². The van der Waals surface area contributed by atoms with E-state index in [4.69, 9.17) is 0 Å². The van der Waals surface area contributed by atoms with Crippen LogP contribution in [0.1, 0.15) is 29.8 Å². The summed E-state index contributed by atoms with van der Waals surface area (Å²) < 4.78 is 0. The van der Waals surface area contributed by atoms with Gasteiger partial charge in [0.15, 0.2) is 0 Å². The van der Waals surface area contributed by atoms with E-state index in [0.29, 0.717) is 11.5 Å². The SMILES string of the molecule is Cc1ccc(O)c(C(=O)NC(CN(C)C)C(C)C)c1. The normalized spacial score (nSPS) is 12.8. The molecule has 19 heavy (non-hydrogen) atoms. The maximum absolute atomic E-state index is 12.2. The van der Waals surface area contributed by atoms with Crippen molar-refractivity contribution in [2.75, 3.05) is 20.6 Å². The minimum absolute atomic E-state index is 0.0236. The Hall–Kier alpha value is -1.55. The predicted molar refractivity (Wildman–Crippen MR) is 77.5 cm³/mol. The van der Waals surface area contributed by atoms with Crippen molar-refractivity contribution in [3.63, 3.8) is 0 Å². The van der Waals surface area contributed by atoms with Crippen LogP contribution in [-0.2, 0) is 0 Å². The van der Waals surface area contributed by atoms with Gasteiger partial charge in [-0.25, -0.2) is 0 Å². The molecule has 0 saturated carbocycles. The molecular formula is C15H24N2O2. The van der Waals surface area contributed by atoms with Crippen molar-refractivity contribution in [2.45, 2.75) is 26.8 Å². The Balaban J connectivity index is 2.84. The average molecular weight is 264 g/mol. The van der Waals surface area contributed by atoms with Crippen LogP contribution in [0.4, 0.5) is 0 Å². The first-order valence-corrected chi connectivity index (χ1v) is 6.56. The van der Waals surface area contributed by atoms with Gasteiger partial charge in [-0.05, 0) is 39.1 Å². The van der Waals surface area contributed by atoms with Crippen LogP contribution in [0.2, 0.25) is 0 Å². The van der Waals surface area contributed by atoms with Crippen LogP contribution in [0.5, 0.6) is 5.75 Å². The second-order valence-electron chi connectivity index (χ2n) is 5.61. The molecule has 0 bridgehead atoms. The number of nitrogens with one attached hydrogen (secondary N) is 1. The molecule has 2 N–H and O–H groups in total. The highest BCUT2D eigenvalue weighted by Crippen LogP contribution is 2.18. The Bertz CT molecular complexity index is 442. The van der Waals surface area contributed by atoms with Crippen molar-refractivity contribution in [3.8, 4) is 5.75 Å². The van der Waals surface area contributed by atoms with E-state index < -0.39 is 0 Å². The highest BCUT2D eigenvalue weighted by molar-refractivity contribution is 5.97. The molecule has 1 rings (SSSR count). The number of nitrogens with zero attached hydrogens (tertiary/aromatic N) is 1. The Morgan fingerprint density at radius 1 is 1.37 bits per heavy atom. The fraction of sp³-hybridized carbons (Fsp3) is 0.533. The summed E-state index contributed by atoms with van der Waals surface area (Å²) in [6, 6.07) is 5.10. The Kier molecular flexibility index (Phi) is 5.36. The van der Waals surface area contributed by atoms with Gasteiger partial charge in [-0.3, -0.25) is 4.79 Å². The van der Waals surface area contributed by atoms with Gasteiger partial charge in [0.2, 0.25) is 0 Å². The van der Waals surface area contributed by atoms with Crippen LogP contribution >= 0.6 is 0 Å². The maximum atomic E-state index is 12.2. The number of carbonyl (C=O) groups is 1. The number of aryl methyl sites for hydroxylation is 1. The van der Waals surface area contributed by atoms with Crippen molar-refractivity contribution in [1.82, 2.24) is 10.2 Å². The largest absolute Gasteiger partial charge is 0.507 e. The third-order valence-electron chi connectivity index (χ3n) is 3.08.